The lowest BCUT2D eigenvalue weighted by Gasteiger charge is -2.29. The Kier molecular flexibility index (Phi) is 5.16. The fourth-order valence-electron chi connectivity index (χ4n) is 1.60. The molecule has 0 saturated heterocycles. The highest BCUT2D eigenvalue weighted by Gasteiger charge is 2.27. The normalized spacial score (nSPS) is 13.4. The van der Waals surface area contributed by atoms with Crippen molar-refractivity contribution < 1.29 is 9.53 Å². The number of hydrogen-bond acceptors (Lipinski definition) is 2. The van der Waals surface area contributed by atoms with E-state index >= 15 is 0 Å². The Balaban J connectivity index is 2.79. The van der Waals surface area contributed by atoms with E-state index in [1.807, 2.05) is 38.1 Å². The molecule has 0 heterocycles. The molecule has 0 fully saturated rings. The molecule has 106 valence electrons. The fraction of sp³-hybridized carbons (Fsp3) is 0.588. The SMILES string of the molecule is CCC(C)c1ccc(C(=O)OC(C)(C)C(C)C)cc1. The minimum atomic E-state index is -0.438. The van der Waals surface area contributed by atoms with E-state index < -0.39 is 5.60 Å². The maximum absolute atomic E-state index is 12.1. The number of ether oxygens (including phenoxy) is 1. The summed E-state index contributed by atoms with van der Waals surface area (Å²) in [6.07, 6.45) is 1.10. The topological polar surface area (TPSA) is 26.3 Å². The summed E-state index contributed by atoms with van der Waals surface area (Å²) in [5.74, 6) is 0.572. The third kappa shape index (κ3) is 4.09. The van der Waals surface area contributed by atoms with Crippen LogP contribution in [0, 0.1) is 5.92 Å². The van der Waals surface area contributed by atoms with Crippen molar-refractivity contribution in [3.63, 3.8) is 0 Å². The molecule has 1 atom stereocenters. The molecule has 0 aliphatic carbocycles. The molecule has 19 heavy (non-hydrogen) atoms. The molecule has 0 aliphatic heterocycles. The lowest BCUT2D eigenvalue weighted by molar-refractivity contribution is -0.0222. The first kappa shape index (κ1) is 15.7. The largest absolute Gasteiger partial charge is 0.456 e. The smallest absolute Gasteiger partial charge is 0.338 e. The number of hydrogen-bond donors (Lipinski definition) is 0. The van der Waals surface area contributed by atoms with Crippen LogP contribution in [-0.2, 0) is 4.74 Å². The van der Waals surface area contributed by atoms with Crippen molar-refractivity contribution in [2.75, 3.05) is 0 Å². The van der Waals surface area contributed by atoms with Crippen LogP contribution in [0.25, 0.3) is 0 Å². The summed E-state index contributed by atoms with van der Waals surface area (Å²) in [7, 11) is 0. The maximum Gasteiger partial charge on any atom is 0.338 e. The molecule has 0 N–H and O–H groups in total. The fourth-order valence-corrected chi connectivity index (χ4v) is 1.60. The second kappa shape index (κ2) is 6.23. The summed E-state index contributed by atoms with van der Waals surface area (Å²) >= 11 is 0. The van der Waals surface area contributed by atoms with Crippen molar-refractivity contribution >= 4 is 5.97 Å². The Labute approximate surface area is 117 Å². The second-order valence-electron chi connectivity index (χ2n) is 6.08. The van der Waals surface area contributed by atoms with Gasteiger partial charge >= 0.3 is 5.97 Å². The van der Waals surface area contributed by atoms with Gasteiger partial charge in [0.15, 0.2) is 0 Å². The molecule has 0 saturated carbocycles. The Morgan fingerprint density at radius 1 is 1.16 bits per heavy atom. The second-order valence-corrected chi connectivity index (χ2v) is 6.08. The summed E-state index contributed by atoms with van der Waals surface area (Å²) in [6, 6.07) is 7.76. The first-order valence-corrected chi connectivity index (χ1v) is 7.11. The van der Waals surface area contributed by atoms with Crippen LogP contribution in [0.1, 0.15) is 69.8 Å². The van der Waals surface area contributed by atoms with E-state index in [0.29, 0.717) is 11.5 Å². The van der Waals surface area contributed by atoms with Gasteiger partial charge in [-0.25, -0.2) is 4.79 Å². The summed E-state index contributed by atoms with van der Waals surface area (Å²) in [5.41, 5.74) is 1.45. The van der Waals surface area contributed by atoms with Gasteiger partial charge in [-0.05, 0) is 49.8 Å². The van der Waals surface area contributed by atoms with Crippen LogP contribution in [0.3, 0.4) is 0 Å². The minimum absolute atomic E-state index is 0.241. The maximum atomic E-state index is 12.1. The van der Waals surface area contributed by atoms with E-state index in [1.165, 1.54) is 5.56 Å². The van der Waals surface area contributed by atoms with Crippen molar-refractivity contribution in [1.29, 1.82) is 0 Å². The zero-order chi connectivity index (χ0) is 14.6. The van der Waals surface area contributed by atoms with Gasteiger partial charge in [-0.15, -0.1) is 0 Å². The van der Waals surface area contributed by atoms with Gasteiger partial charge in [-0.3, -0.25) is 0 Å². The molecular weight excluding hydrogens is 236 g/mol. The zero-order valence-corrected chi connectivity index (χ0v) is 13.0. The van der Waals surface area contributed by atoms with E-state index in [1.54, 1.807) is 0 Å². The third-order valence-corrected chi connectivity index (χ3v) is 4.07. The lowest BCUT2D eigenvalue weighted by Crippen LogP contribution is -2.33. The molecule has 2 heteroatoms. The molecule has 1 rings (SSSR count). The highest BCUT2D eigenvalue weighted by Crippen LogP contribution is 2.23. The quantitative estimate of drug-likeness (QED) is 0.713. The van der Waals surface area contributed by atoms with Crippen LogP contribution in [0.15, 0.2) is 24.3 Å². The van der Waals surface area contributed by atoms with Gasteiger partial charge in [0, 0.05) is 0 Å². The highest BCUT2D eigenvalue weighted by atomic mass is 16.6. The molecule has 1 aromatic carbocycles. The minimum Gasteiger partial charge on any atom is -0.456 e. The van der Waals surface area contributed by atoms with Crippen LogP contribution in [0.5, 0.6) is 0 Å². The zero-order valence-electron chi connectivity index (χ0n) is 13.0. The van der Waals surface area contributed by atoms with Gasteiger partial charge in [0.2, 0.25) is 0 Å². The standard InChI is InChI=1S/C17H26O2/c1-7-13(4)14-8-10-15(11-9-14)16(18)19-17(5,6)12(2)3/h8-13H,7H2,1-6H3. The van der Waals surface area contributed by atoms with Gasteiger partial charge in [0.1, 0.15) is 5.60 Å². The Hall–Kier alpha value is -1.31. The molecule has 0 radical (unpaired) electrons. The first-order valence-electron chi connectivity index (χ1n) is 7.11. The summed E-state index contributed by atoms with van der Waals surface area (Å²) in [6.45, 7) is 12.4. The van der Waals surface area contributed by atoms with E-state index in [2.05, 4.69) is 27.7 Å². The van der Waals surface area contributed by atoms with Crippen LogP contribution in [0.4, 0.5) is 0 Å². The molecule has 0 aliphatic rings. The van der Waals surface area contributed by atoms with Crippen molar-refractivity contribution in [2.45, 2.75) is 59.5 Å². The van der Waals surface area contributed by atoms with Gasteiger partial charge in [-0.1, -0.05) is 39.8 Å². The van der Waals surface area contributed by atoms with Crippen molar-refractivity contribution in [2.24, 2.45) is 5.92 Å². The molecule has 0 amide bonds. The molecule has 1 aromatic rings. The predicted octanol–water partition coefficient (Wildman–Crippen LogP) is 4.79. The lowest BCUT2D eigenvalue weighted by atomic mass is 9.94. The van der Waals surface area contributed by atoms with E-state index in [-0.39, 0.29) is 11.9 Å². The van der Waals surface area contributed by atoms with Gasteiger partial charge in [-0.2, -0.15) is 0 Å². The van der Waals surface area contributed by atoms with E-state index in [0.717, 1.165) is 6.42 Å². The number of carbonyl (C=O) groups excluding carboxylic acids is 1. The monoisotopic (exact) mass is 262 g/mol. The van der Waals surface area contributed by atoms with Crippen molar-refractivity contribution in [1.82, 2.24) is 0 Å². The molecule has 2 nitrogen and oxygen atoms in total. The summed E-state index contributed by atoms with van der Waals surface area (Å²) in [4.78, 5) is 12.1. The summed E-state index contributed by atoms with van der Waals surface area (Å²) < 4.78 is 5.57. The molecule has 0 bridgehead atoms. The highest BCUT2D eigenvalue weighted by molar-refractivity contribution is 5.89. The van der Waals surface area contributed by atoms with Crippen LogP contribution < -0.4 is 0 Å². The van der Waals surface area contributed by atoms with Crippen LogP contribution >= 0.6 is 0 Å². The number of esters is 1. The Morgan fingerprint density at radius 3 is 2.11 bits per heavy atom. The molecule has 0 spiro atoms. The van der Waals surface area contributed by atoms with Gasteiger partial charge in [0.25, 0.3) is 0 Å². The Bertz CT molecular complexity index is 415. The molecular formula is C17H26O2. The number of carbonyl (C=O) groups is 1. The van der Waals surface area contributed by atoms with E-state index in [9.17, 15) is 4.79 Å². The third-order valence-electron chi connectivity index (χ3n) is 4.07. The average Bonchev–Trinajstić information content (AvgIpc) is 2.37. The molecule has 0 aromatic heterocycles. The first-order chi connectivity index (χ1) is 8.77. The number of rotatable bonds is 5. The predicted molar refractivity (Wildman–Crippen MR) is 79.5 cm³/mol. The van der Waals surface area contributed by atoms with Crippen LogP contribution in [0.2, 0.25) is 0 Å². The van der Waals surface area contributed by atoms with E-state index in [4.69, 9.17) is 4.74 Å². The summed E-state index contributed by atoms with van der Waals surface area (Å²) in [5, 5.41) is 0. The number of benzene rings is 1. The van der Waals surface area contributed by atoms with Crippen LogP contribution in [-0.4, -0.2) is 11.6 Å². The Morgan fingerprint density at radius 2 is 1.68 bits per heavy atom. The van der Waals surface area contributed by atoms with Gasteiger partial charge < -0.3 is 4.74 Å². The van der Waals surface area contributed by atoms with Crippen molar-refractivity contribution in [3.05, 3.63) is 35.4 Å². The van der Waals surface area contributed by atoms with Gasteiger partial charge in [0.05, 0.1) is 5.56 Å². The van der Waals surface area contributed by atoms with Crippen molar-refractivity contribution in [3.8, 4) is 0 Å². The average molecular weight is 262 g/mol. The molecule has 1 unspecified atom stereocenters.